The van der Waals surface area contributed by atoms with E-state index in [9.17, 15) is 4.79 Å². The standard InChI is InChI=1S/C23H29N3O2/c27-23(21-10-4-8-20-9-5-11-24-22(20)21)26(18-19-6-2-1-3-7-19)13-12-25-14-16-28-17-15-25/h1-2,4-5,8-11,19H,3,6-7,12-18H2/t19-/m0/s1. The second kappa shape index (κ2) is 9.30. The van der Waals surface area contributed by atoms with Gasteiger partial charge in [-0.1, -0.05) is 30.4 Å². The van der Waals surface area contributed by atoms with Crippen LogP contribution in [0.25, 0.3) is 10.9 Å². The van der Waals surface area contributed by atoms with Crippen LogP contribution in [0.1, 0.15) is 29.6 Å². The molecule has 0 radical (unpaired) electrons. The highest BCUT2D eigenvalue weighted by atomic mass is 16.5. The molecular weight excluding hydrogens is 350 g/mol. The third kappa shape index (κ3) is 4.59. The molecule has 0 saturated carbocycles. The quantitative estimate of drug-likeness (QED) is 0.722. The topological polar surface area (TPSA) is 45.7 Å². The van der Waals surface area contributed by atoms with Gasteiger partial charge in [-0.05, 0) is 37.3 Å². The normalized spacial score (nSPS) is 20.4. The number of fused-ring (bicyclic) bond motifs is 1. The van der Waals surface area contributed by atoms with E-state index in [0.717, 1.165) is 76.1 Å². The zero-order valence-electron chi connectivity index (χ0n) is 16.4. The minimum absolute atomic E-state index is 0.104. The van der Waals surface area contributed by atoms with Gasteiger partial charge in [0.05, 0.1) is 24.3 Å². The number of carbonyl (C=O) groups is 1. The molecule has 2 aliphatic rings. The number of ether oxygens (including phenoxy) is 1. The van der Waals surface area contributed by atoms with E-state index in [0.29, 0.717) is 11.5 Å². The van der Waals surface area contributed by atoms with Gasteiger partial charge in [0.1, 0.15) is 0 Å². The number of carbonyl (C=O) groups excluding carboxylic acids is 1. The van der Waals surface area contributed by atoms with Gasteiger partial charge in [-0.25, -0.2) is 0 Å². The second-order valence-electron chi connectivity index (χ2n) is 7.74. The van der Waals surface area contributed by atoms with Gasteiger partial charge in [0.15, 0.2) is 0 Å². The Balaban J connectivity index is 1.53. The predicted octanol–water partition coefficient (Wildman–Crippen LogP) is 3.37. The summed E-state index contributed by atoms with van der Waals surface area (Å²) in [6.45, 7) is 5.94. The number of hydrogen-bond donors (Lipinski definition) is 0. The number of hydrogen-bond acceptors (Lipinski definition) is 4. The summed E-state index contributed by atoms with van der Waals surface area (Å²) in [5, 5.41) is 1.02. The van der Waals surface area contributed by atoms with E-state index < -0.39 is 0 Å². The minimum Gasteiger partial charge on any atom is -0.379 e. The van der Waals surface area contributed by atoms with Crippen LogP contribution in [0.3, 0.4) is 0 Å². The lowest BCUT2D eigenvalue weighted by Crippen LogP contribution is -2.44. The number of morpholine rings is 1. The fourth-order valence-corrected chi connectivity index (χ4v) is 4.14. The van der Waals surface area contributed by atoms with Gasteiger partial charge in [-0.15, -0.1) is 0 Å². The van der Waals surface area contributed by atoms with Crippen LogP contribution in [0, 0.1) is 5.92 Å². The predicted molar refractivity (Wildman–Crippen MR) is 111 cm³/mol. The van der Waals surface area contributed by atoms with Gasteiger partial charge in [-0.3, -0.25) is 14.7 Å². The van der Waals surface area contributed by atoms with Crippen molar-refractivity contribution in [1.29, 1.82) is 0 Å². The van der Waals surface area contributed by atoms with Crippen molar-refractivity contribution in [2.45, 2.75) is 19.3 Å². The molecule has 1 aromatic carbocycles. The molecule has 148 valence electrons. The summed E-state index contributed by atoms with van der Waals surface area (Å²) in [5.41, 5.74) is 1.52. The summed E-state index contributed by atoms with van der Waals surface area (Å²) in [5.74, 6) is 0.647. The van der Waals surface area contributed by atoms with Crippen LogP contribution >= 0.6 is 0 Å². The number of rotatable bonds is 6. The van der Waals surface area contributed by atoms with E-state index in [-0.39, 0.29) is 5.91 Å². The highest BCUT2D eigenvalue weighted by Gasteiger charge is 2.23. The average molecular weight is 380 g/mol. The van der Waals surface area contributed by atoms with Gasteiger partial charge in [0.2, 0.25) is 0 Å². The summed E-state index contributed by atoms with van der Waals surface area (Å²) in [4.78, 5) is 22.5. The lowest BCUT2D eigenvalue weighted by molar-refractivity contribution is 0.0315. The molecule has 1 saturated heterocycles. The molecule has 2 aromatic rings. The largest absolute Gasteiger partial charge is 0.379 e. The number of aromatic nitrogens is 1. The lowest BCUT2D eigenvalue weighted by Gasteiger charge is -2.32. The van der Waals surface area contributed by atoms with Crippen molar-refractivity contribution in [3.05, 3.63) is 54.2 Å². The molecule has 1 amide bonds. The van der Waals surface area contributed by atoms with Crippen LogP contribution < -0.4 is 0 Å². The van der Waals surface area contributed by atoms with Crippen molar-refractivity contribution in [2.24, 2.45) is 5.92 Å². The molecule has 0 spiro atoms. The molecule has 1 aliphatic heterocycles. The molecule has 1 aromatic heterocycles. The second-order valence-corrected chi connectivity index (χ2v) is 7.74. The van der Waals surface area contributed by atoms with Crippen molar-refractivity contribution in [2.75, 3.05) is 45.9 Å². The van der Waals surface area contributed by atoms with E-state index in [1.807, 2.05) is 30.3 Å². The number of allylic oxidation sites excluding steroid dienone is 2. The van der Waals surface area contributed by atoms with Crippen LogP contribution in [0.4, 0.5) is 0 Å². The van der Waals surface area contributed by atoms with Gasteiger partial charge in [0, 0.05) is 44.3 Å². The van der Waals surface area contributed by atoms with Crippen molar-refractivity contribution >= 4 is 16.8 Å². The third-order valence-corrected chi connectivity index (χ3v) is 5.80. The lowest BCUT2D eigenvalue weighted by atomic mass is 9.93. The van der Waals surface area contributed by atoms with Crippen molar-refractivity contribution < 1.29 is 9.53 Å². The Hall–Kier alpha value is -2.24. The first-order chi connectivity index (χ1) is 13.8. The monoisotopic (exact) mass is 379 g/mol. The van der Waals surface area contributed by atoms with Crippen LogP contribution in [-0.4, -0.2) is 66.6 Å². The zero-order chi connectivity index (χ0) is 19.2. The molecule has 4 rings (SSSR count). The first-order valence-electron chi connectivity index (χ1n) is 10.4. The summed E-state index contributed by atoms with van der Waals surface area (Å²) >= 11 is 0. The Morgan fingerprint density at radius 3 is 2.86 bits per heavy atom. The maximum atomic E-state index is 13.5. The molecule has 5 nitrogen and oxygen atoms in total. The number of pyridine rings is 1. The summed E-state index contributed by atoms with van der Waals surface area (Å²) < 4.78 is 5.45. The van der Waals surface area contributed by atoms with E-state index in [1.165, 1.54) is 0 Å². The Bertz CT molecular complexity index is 824. The molecule has 0 N–H and O–H groups in total. The smallest absolute Gasteiger partial charge is 0.256 e. The Labute approximate surface area is 167 Å². The Morgan fingerprint density at radius 2 is 2.04 bits per heavy atom. The van der Waals surface area contributed by atoms with E-state index in [2.05, 4.69) is 26.9 Å². The van der Waals surface area contributed by atoms with Crippen LogP contribution in [0.15, 0.2) is 48.7 Å². The highest BCUT2D eigenvalue weighted by molar-refractivity contribution is 6.05. The number of amides is 1. The molecule has 1 aliphatic carbocycles. The SMILES string of the molecule is O=C(c1cccc2cccnc12)N(CCN1CCOCC1)C[C@H]1CC=CCC1. The van der Waals surface area contributed by atoms with Crippen LogP contribution in [-0.2, 0) is 4.74 Å². The van der Waals surface area contributed by atoms with Crippen LogP contribution in [0.5, 0.6) is 0 Å². The number of benzene rings is 1. The molecule has 5 heteroatoms. The fraction of sp³-hybridized carbons (Fsp3) is 0.478. The van der Waals surface area contributed by atoms with Crippen LogP contribution in [0.2, 0.25) is 0 Å². The van der Waals surface area contributed by atoms with Crippen molar-refractivity contribution in [1.82, 2.24) is 14.8 Å². The molecule has 0 unspecified atom stereocenters. The van der Waals surface area contributed by atoms with Crippen molar-refractivity contribution in [3.8, 4) is 0 Å². The maximum absolute atomic E-state index is 13.5. The molecular formula is C23H29N3O2. The maximum Gasteiger partial charge on any atom is 0.256 e. The average Bonchev–Trinajstić information content (AvgIpc) is 2.77. The molecule has 28 heavy (non-hydrogen) atoms. The van der Waals surface area contributed by atoms with Gasteiger partial charge >= 0.3 is 0 Å². The Morgan fingerprint density at radius 1 is 1.18 bits per heavy atom. The summed E-state index contributed by atoms with van der Waals surface area (Å²) in [7, 11) is 0. The number of nitrogens with zero attached hydrogens (tertiary/aromatic N) is 3. The minimum atomic E-state index is 0.104. The zero-order valence-corrected chi connectivity index (χ0v) is 16.4. The van der Waals surface area contributed by atoms with Gasteiger partial charge < -0.3 is 9.64 Å². The molecule has 1 fully saturated rings. The molecule has 1 atom stereocenters. The van der Waals surface area contributed by atoms with Gasteiger partial charge in [-0.2, -0.15) is 0 Å². The van der Waals surface area contributed by atoms with Crippen molar-refractivity contribution in [3.63, 3.8) is 0 Å². The molecule has 2 heterocycles. The first kappa shape index (κ1) is 19.1. The third-order valence-electron chi connectivity index (χ3n) is 5.80. The van der Waals surface area contributed by atoms with E-state index in [1.54, 1.807) is 6.20 Å². The first-order valence-corrected chi connectivity index (χ1v) is 10.4. The van der Waals surface area contributed by atoms with E-state index >= 15 is 0 Å². The van der Waals surface area contributed by atoms with E-state index in [4.69, 9.17) is 4.74 Å². The van der Waals surface area contributed by atoms with Gasteiger partial charge in [0.25, 0.3) is 5.91 Å². The number of para-hydroxylation sites is 1. The summed E-state index contributed by atoms with van der Waals surface area (Å²) in [6.07, 6.45) is 9.62. The molecule has 0 bridgehead atoms. The highest BCUT2D eigenvalue weighted by Crippen LogP contribution is 2.22. The fourth-order valence-electron chi connectivity index (χ4n) is 4.14. The Kier molecular flexibility index (Phi) is 6.34. The summed E-state index contributed by atoms with van der Waals surface area (Å²) in [6, 6.07) is 9.83.